The molecule has 1 unspecified atom stereocenters. The molecule has 2 saturated heterocycles. The van der Waals surface area contributed by atoms with Crippen molar-refractivity contribution >= 4 is 5.91 Å². The molecule has 2 aliphatic rings. The first kappa shape index (κ1) is 15.5. The summed E-state index contributed by atoms with van der Waals surface area (Å²) in [6.07, 6.45) is 7.50. The van der Waals surface area contributed by atoms with Crippen LogP contribution in [0.3, 0.4) is 0 Å². The molecule has 1 amide bonds. The van der Waals surface area contributed by atoms with Crippen LogP contribution in [0.25, 0.3) is 0 Å². The molecule has 3 heterocycles. The number of amides is 1. The molecule has 0 radical (unpaired) electrons. The van der Waals surface area contributed by atoms with E-state index in [-0.39, 0.29) is 12.0 Å². The first-order valence-corrected chi connectivity index (χ1v) is 8.20. The predicted molar refractivity (Wildman–Crippen MR) is 81.6 cm³/mol. The molecule has 6 heteroatoms. The second-order valence-electron chi connectivity index (χ2n) is 6.07. The smallest absolute Gasteiger partial charge is 0.251 e. The highest BCUT2D eigenvalue weighted by atomic mass is 16.5. The van der Waals surface area contributed by atoms with Crippen LogP contribution in [-0.4, -0.2) is 59.9 Å². The molecular formula is C16H25N3O3. The minimum atomic E-state index is -0.194. The Morgan fingerprint density at radius 1 is 1.41 bits per heavy atom. The normalized spacial score (nSPS) is 23.1. The lowest BCUT2D eigenvalue weighted by molar-refractivity contribution is -0.142. The Hall–Kier alpha value is -1.40. The van der Waals surface area contributed by atoms with E-state index in [2.05, 4.69) is 9.55 Å². The van der Waals surface area contributed by atoms with Gasteiger partial charge in [-0.3, -0.25) is 4.79 Å². The van der Waals surface area contributed by atoms with E-state index in [1.54, 1.807) is 7.11 Å². The third-order valence-corrected chi connectivity index (χ3v) is 4.66. The molecule has 2 fully saturated rings. The van der Waals surface area contributed by atoms with E-state index in [9.17, 15) is 4.79 Å². The first-order chi connectivity index (χ1) is 10.8. The Bertz CT molecular complexity index is 489. The van der Waals surface area contributed by atoms with Crippen LogP contribution >= 0.6 is 0 Å². The van der Waals surface area contributed by atoms with E-state index in [1.807, 2.05) is 17.3 Å². The Morgan fingerprint density at radius 3 is 2.91 bits per heavy atom. The van der Waals surface area contributed by atoms with E-state index < -0.39 is 0 Å². The van der Waals surface area contributed by atoms with Crippen molar-refractivity contribution in [2.24, 2.45) is 0 Å². The van der Waals surface area contributed by atoms with Crippen molar-refractivity contribution in [3.05, 3.63) is 18.2 Å². The van der Waals surface area contributed by atoms with Gasteiger partial charge in [-0.2, -0.15) is 0 Å². The molecule has 0 spiro atoms. The van der Waals surface area contributed by atoms with Crippen molar-refractivity contribution < 1.29 is 14.3 Å². The monoisotopic (exact) mass is 307 g/mol. The average molecular weight is 307 g/mol. The van der Waals surface area contributed by atoms with Crippen LogP contribution in [0.15, 0.2) is 12.4 Å². The van der Waals surface area contributed by atoms with Gasteiger partial charge in [0, 0.05) is 51.7 Å². The van der Waals surface area contributed by atoms with Gasteiger partial charge >= 0.3 is 0 Å². The van der Waals surface area contributed by atoms with E-state index in [0.717, 1.165) is 57.7 Å². The van der Waals surface area contributed by atoms with Gasteiger partial charge < -0.3 is 18.9 Å². The van der Waals surface area contributed by atoms with Gasteiger partial charge in [-0.15, -0.1) is 0 Å². The van der Waals surface area contributed by atoms with E-state index in [0.29, 0.717) is 12.5 Å². The number of piperidine rings is 1. The van der Waals surface area contributed by atoms with Crippen LogP contribution in [0.5, 0.6) is 0 Å². The van der Waals surface area contributed by atoms with Crippen LogP contribution in [0.2, 0.25) is 0 Å². The van der Waals surface area contributed by atoms with Crippen LogP contribution in [0.4, 0.5) is 0 Å². The molecule has 3 rings (SSSR count). The third kappa shape index (κ3) is 3.33. The number of methoxy groups -OCH3 is 1. The molecule has 0 bridgehead atoms. The van der Waals surface area contributed by atoms with E-state index in [1.165, 1.54) is 0 Å². The number of imidazole rings is 1. The molecule has 122 valence electrons. The maximum atomic E-state index is 12.4. The molecule has 1 aromatic rings. The zero-order valence-corrected chi connectivity index (χ0v) is 13.2. The van der Waals surface area contributed by atoms with E-state index >= 15 is 0 Å². The number of hydrogen-bond acceptors (Lipinski definition) is 4. The first-order valence-electron chi connectivity index (χ1n) is 8.20. The van der Waals surface area contributed by atoms with Gasteiger partial charge in [0.25, 0.3) is 5.91 Å². The molecule has 2 aliphatic heterocycles. The lowest BCUT2D eigenvalue weighted by Gasteiger charge is -2.33. The molecule has 1 aromatic heterocycles. The van der Waals surface area contributed by atoms with Gasteiger partial charge in [-0.05, 0) is 25.7 Å². The second-order valence-corrected chi connectivity index (χ2v) is 6.07. The fourth-order valence-electron chi connectivity index (χ4n) is 3.39. The summed E-state index contributed by atoms with van der Waals surface area (Å²) < 4.78 is 12.8. The number of hydrogen-bond donors (Lipinski definition) is 0. The molecule has 1 atom stereocenters. The summed E-state index contributed by atoms with van der Waals surface area (Å²) in [4.78, 5) is 18.9. The van der Waals surface area contributed by atoms with E-state index in [4.69, 9.17) is 9.47 Å². The zero-order chi connectivity index (χ0) is 15.4. The largest absolute Gasteiger partial charge is 0.383 e. The highest BCUT2D eigenvalue weighted by Crippen LogP contribution is 2.28. The Balaban J connectivity index is 1.55. The standard InChI is InChI=1S/C16H25N3O3/c1-21-12-10-18-9-6-17-15(18)13-4-7-19(8-5-13)16(20)14-3-2-11-22-14/h6,9,13-14H,2-5,7-8,10-12H2,1H3. The summed E-state index contributed by atoms with van der Waals surface area (Å²) in [5.74, 6) is 1.74. The van der Waals surface area contributed by atoms with Crippen LogP contribution < -0.4 is 0 Å². The molecule has 0 saturated carbocycles. The van der Waals surface area contributed by atoms with Gasteiger partial charge in [-0.1, -0.05) is 0 Å². The predicted octanol–water partition coefficient (Wildman–Crippen LogP) is 1.41. The van der Waals surface area contributed by atoms with Gasteiger partial charge in [0.2, 0.25) is 0 Å². The summed E-state index contributed by atoms with van der Waals surface area (Å²) in [5, 5.41) is 0. The highest BCUT2D eigenvalue weighted by Gasteiger charge is 2.32. The number of nitrogens with zero attached hydrogens (tertiary/aromatic N) is 3. The van der Waals surface area contributed by atoms with Crippen molar-refractivity contribution in [1.82, 2.24) is 14.5 Å². The minimum Gasteiger partial charge on any atom is -0.383 e. The number of aromatic nitrogens is 2. The molecular weight excluding hydrogens is 282 g/mol. The second kappa shape index (κ2) is 7.24. The molecule has 0 aliphatic carbocycles. The fourth-order valence-corrected chi connectivity index (χ4v) is 3.39. The van der Waals surface area contributed by atoms with Crippen molar-refractivity contribution in [2.45, 2.75) is 44.2 Å². The zero-order valence-electron chi connectivity index (χ0n) is 13.2. The van der Waals surface area contributed by atoms with Crippen molar-refractivity contribution in [2.75, 3.05) is 33.4 Å². The molecule has 0 N–H and O–H groups in total. The molecule has 22 heavy (non-hydrogen) atoms. The van der Waals surface area contributed by atoms with Gasteiger partial charge in [0.15, 0.2) is 0 Å². The quantitative estimate of drug-likeness (QED) is 0.825. The number of ether oxygens (including phenoxy) is 2. The SMILES string of the molecule is COCCn1ccnc1C1CCN(C(=O)C2CCCO2)CC1. The fraction of sp³-hybridized carbons (Fsp3) is 0.750. The van der Waals surface area contributed by atoms with Gasteiger partial charge in [-0.25, -0.2) is 4.98 Å². The molecule has 6 nitrogen and oxygen atoms in total. The van der Waals surface area contributed by atoms with Gasteiger partial charge in [0.1, 0.15) is 11.9 Å². The maximum absolute atomic E-state index is 12.4. The molecule has 0 aromatic carbocycles. The lowest BCUT2D eigenvalue weighted by atomic mass is 9.95. The van der Waals surface area contributed by atoms with Gasteiger partial charge in [0.05, 0.1) is 6.61 Å². The topological polar surface area (TPSA) is 56.6 Å². The summed E-state index contributed by atoms with van der Waals surface area (Å²) >= 11 is 0. The van der Waals surface area contributed by atoms with Crippen LogP contribution in [-0.2, 0) is 20.8 Å². The van der Waals surface area contributed by atoms with Crippen molar-refractivity contribution in [3.63, 3.8) is 0 Å². The Morgan fingerprint density at radius 2 is 2.23 bits per heavy atom. The summed E-state index contributed by atoms with van der Waals surface area (Å²) in [5.41, 5.74) is 0. The van der Waals surface area contributed by atoms with Crippen LogP contribution in [0, 0.1) is 0 Å². The lowest BCUT2D eigenvalue weighted by Crippen LogP contribution is -2.43. The number of carbonyl (C=O) groups is 1. The summed E-state index contributed by atoms with van der Waals surface area (Å²) in [6.45, 7) is 3.87. The number of likely N-dealkylation sites (tertiary alicyclic amines) is 1. The minimum absolute atomic E-state index is 0.179. The van der Waals surface area contributed by atoms with Crippen molar-refractivity contribution in [3.8, 4) is 0 Å². The average Bonchev–Trinajstić information content (AvgIpc) is 3.24. The third-order valence-electron chi connectivity index (χ3n) is 4.66. The number of rotatable bonds is 5. The highest BCUT2D eigenvalue weighted by molar-refractivity contribution is 5.81. The Kier molecular flexibility index (Phi) is 5.10. The number of carbonyl (C=O) groups excluding carboxylic acids is 1. The summed E-state index contributed by atoms with van der Waals surface area (Å²) in [6, 6.07) is 0. The van der Waals surface area contributed by atoms with Crippen molar-refractivity contribution in [1.29, 1.82) is 0 Å². The summed E-state index contributed by atoms with van der Waals surface area (Å²) in [7, 11) is 1.71. The maximum Gasteiger partial charge on any atom is 0.251 e. The van der Waals surface area contributed by atoms with Crippen LogP contribution in [0.1, 0.15) is 37.4 Å². The Labute approximate surface area is 131 Å².